The van der Waals surface area contributed by atoms with Gasteiger partial charge in [0.15, 0.2) is 0 Å². The van der Waals surface area contributed by atoms with Gasteiger partial charge in [-0.15, -0.1) is 0 Å². The monoisotopic (exact) mass is 187 g/mol. The van der Waals surface area contributed by atoms with Crippen molar-refractivity contribution in [3.05, 3.63) is 34.9 Å². The van der Waals surface area contributed by atoms with E-state index in [0.717, 1.165) is 18.9 Å². The van der Waals surface area contributed by atoms with E-state index in [1.807, 2.05) is 6.21 Å². The van der Waals surface area contributed by atoms with Crippen molar-refractivity contribution in [3.8, 4) is 0 Å². The Balaban J connectivity index is 2.25. The molecule has 1 heterocycles. The van der Waals surface area contributed by atoms with Crippen LogP contribution in [-0.2, 0) is 12.8 Å². The third kappa shape index (κ3) is 2.03. The molecule has 1 aliphatic heterocycles. The molecule has 0 bridgehead atoms. The van der Waals surface area contributed by atoms with Crippen LogP contribution in [0.3, 0.4) is 0 Å². The first-order chi connectivity index (χ1) is 6.75. The van der Waals surface area contributed by atoms with Crippen LogP contribution in [0, 0.1) is 5.92 Å². The summed E-state index contributed by atoms with van der Waals surface area (Å²) < 4.78 is 0. The van der Waals surface area contributed by atoms with Crippen molar-refractivity contribution in [3.63, 3.8) is 0 Å². The Morgan fingerprint density at radius 3 is 3.00 bits per heavy atom. The lowest BCUT2D eigenvalue weighted by molar-refractivity contribution is 0.646. The summed E-state index contributed by atoms with van der Waals surface area (Å²) in [5.74, 6) is 0.741. The smallest absolute Gasteiger partial charge is 0.0430 e. The van der Waals surface area contributed by atoms with Crippen LogP contribution in [0.15, 0.2) is 23.2 Å². The lowest BCUT2D eigenvalue weighted by Crippen LogP contribution is -2.04. The van der Waals surface area contributed by atoms with E-state index in [9.17, 15) is 0 Å². The first-order valence-electron chi connectivity index (χ1n) is 5.37. The van der Waals surface area contributed by atoms with Crippen LogP contribution in [-0.4, -0.2) is 12.8 Å². The van der Waals surface area contributed by atoms with Crippen molar-refractivity contribution in [1.82, 2.24) is 0 Å². The Kier molecular flexibility index (Phi) is 2.67. The summed E-state index contributed by atoms with van der Waals surface area (Å²) in [5.41, 5.74) is 4.25. The molecule has 1 aromatic rings. The second-order valence-electron chi connectivity index (χ2n) is 4.42. The Hall–Kier alpha value is -1.11. The first-order valence-corrected chi connectivity index (χ1v) is 5.37. The van der Waals surface area contributed by atoms with Gasteiger partial charge in [-0.2, -0.15) is 0 Å². The zero-order chi connectivity index (χ0) is 9.97. The van der Waals surface area contributed by atoms with E-state index in [1.54, 1.807) is 0 Å². The van der Waals surface area contributed by atoms with Crippen molar-refractivity contribution < 1.29 is 0 Å². The number of hydrogen-bond donors (Lipinski definition) is 0. The molecular formula is C13H17N. The summed E-state index contributed by atoms with van der Waals surface area (Å²) in [5, 5.41) is 0. The molecule has 0 atom stereocenters. The highest BCUT2D eigenvalue weighted by molar-refractivity contribution is 5.82. The predicted molar refractivity (Wildman–Crippen MR) is 61.1 cm³/mol. The van der Waals surface area contributed by atoms with E-state index in [1.165, 1.54) is 23.1 Å². The highest BCUT2D eigenvalue weighted by atomic mass is 14.7. The van der Waals surface area contributed by atoms with Crippen molar-refractivity contribution in [2.45, 2.75) is 26.7 Å². The molecule has 0 unspecified atom stereocenters. The van der Waals surface area contributed by atoms with Crippen molar-refractivity contribution in [2.24, 2.45) is 10.9 Å². The molecule has 0 radical (unpaired) electrons. The Labute approximate surface area is 85.9 Å². The van der Waals surface area contributed by atoms with E-state index in [2.05, 4.69) is 37.0 Å². The average molecular weight is 187 g/mol. The quantitative estimate of drug-likeness (QED) is 0.675. The first kappa shape index (κ1) is 9.45. The number of fused-ring (bicyclic) bond motifs is 1. The molecule has 1 aromatic carbocycles. The van der Waals surface area contributed by atoms with Crippen molar-refractivity contribution in [2.75, 3.05) is 6.54 Å². The van der Waals surface area contributed by atoms with Crippen LogP contribution >= 0.6 is 0 Å². The number of hydrogen-bond acceptors (Lipinski definition) is 1. The van der Waals surface area contributed by atoms with E-state index in [4.69, 9.17) is 0 Å². The molecule has 0 saturated heterocycles. The lowest BCUT2D eigenvalue weighted by Gasteiger charge is -2.12. The number of aliphatic imine (C=N–C) groups is 1. The average Bonchev–Trinajstić information content (AvgIpc) is 2.17. The minimum absolute atomic E-state index is 0.741. The van der Waals surface area contributed by atoms with Gasteiger partial charge in [0.2, 0.25) is 0 Å². The van der Waals surface area contributed by atoms with Gasteiger partial charge in [0.05, 0.1) is 0 Å². The highest BCUT2D eigenvalue weighted by Gasteiger charge is 2.06. The molecule has 1 heteroatoms. The van der Waals surface area contributed by atoms with Gasteiger partial charge in [-0.25, -0.2) is 0 Å². The van der Waals surface area contributed by atoms with Gasteiger partial charge in [0.25, 0.3) is 0 Å². The van der Waals surface area contributed by atoms with E-state index in [-0.39, 0.29) is 0 Å². The SMILES string of the molecule is CC(C)Cc1ccc2c(c1)CCN=C2. The van der Waals surface area contributed by atoms with Gasteiger partial charge < -0.3 is 0 Å². The third-order valence-electron chi connectivity index (χ3n) is 2.59. The summed E-state index contributed by atoms with van der Waals surface area (Å²) in [6.07, 6.45) is 4.29. The molecule has 0 aliphatic carbocycles. The van der Waals surface area contributed by atoms with Crippen molar-refractivity contribution in [1.29, 1.82) is 0 Å². The van der Waals surface area contributed by atoms with Gasteiger partial charge >= 0.3 is 0 Å². The standard InChI is InChI=1S/C13H17N/c1-10(2)7-11-3-4-13-9-14-6-5-12(13)8-11/h3-4,8-10H,5-7H2,1-2H3. The Morgan fingerprint density at radius 2 is 2.21 bits per heavy atom. The molecule has 1 aliphatic rings. The van der Waals surface area contributed by atoms with Crippen LogP contribution in [0.5, 0.6) is 0 Å². The summed E-state index contributed by atoms with van der Waals surface area (Å²) in [6.45, 7) is 5.49. The topological polar surface area (TPSA) is 12.4 Å². The fourth-order valence-corrected chi connectivity index (χ4v) is 1.95. The summed E-state index contributed by atoms with van der Waals surface area (Å²) >= 11 is 0. The van der Waals surface area contributed by atoms with Gasteiger partial charge in [0, 0.05) is 12.8 Å². The van der Waals surface area contributed by atoms with E-state index >= 15 is 0 Å². The molecule has 0 spiro atoms. The number of nitrogens with zero attached hydrogens (tertiary/aromatic N) is 1. The molecule has 0 aromatic heterocycles. The molecular weight excluding hydrogens is 170 g/mol. The number of benzene rings is 1. The van der Waals surface area contributed by atoms with Crippen LogP contribution < -0.4 is 0 Å². The molecule has 74 valence electrons. The molecule has 1 nitrogen and oxygen atoms in total. The maximum atomic E-state index is 4.28. The highest BCUT2D eigenvalue weighted by Crippen LogP contribution is 2.16. The fourth-order valence-electron chi connectivity index (χ4n) is 1.95. The molecule has 0 fully saturated rings. The third-order valence-corrected chi connectivity index (χ3v) is 2.59. The maximum absolute atomic E-state index is 4.28. The summed E-state index contributed by atoms with van der Waals surface area (Å²) in [6, 6.07) is 6.78. The van der Waals surface area contributed by atoms with E-state index < -0.39 is 0 Å². The van der Waals surface area contributed by atoms with Crippen molar-refractivity contribution >= 4 is 6.21 Å². The van der Waals surface area contributed by atoms with Crippen LogP contribution in [0.2, 0.25) is 0 Å². The van der Waals surface area contributed by atoms with Gasteiger partial charge in [-0.3, -0.25) is 4.99 Å². The maximum Gasteiger partial charge on any atom is 0.0430 e. The number of rotatable bonds is 2. The normalized spacial score (nSPS) is 14.5. The minimum Gasteiger partial charge on any atom is -0.292 e. The second kappa shape index (κ2) is 3.95. The zero-order valence-electron chi connectivity index (χ0n) is 8.96. The second-order valence-corrected chi connectivity index (χ2v) is 4.42. The Bertz CT molecular complexity index is 350. The molecule has 14 heavy (non-hydrogen) atoms. The van der Waals surface area contributed by atoms with Gasteiger partial charge in [-0.05, 0) is 35.4 Å². The van der Waals surface area contributed by atoms with E-state index in [0.29, 0.717) is 0 Å². The fraction of sp³-hybridized carbons (Fsp3) is 0.462. The predicted octanol–water partition coefficient (Wildman–Crippen LogP) is 2.86. The Morgan fingerprint density at radius 1 is 1.36 bits per heavy atom. The molecule has 0 amide bonds. The zero-order valence-corrected chi connectivity index (χ0v) is 8.96. The summed E-state index contributed by atoms with van der Waals surface area (Å²) in [4.78, 5) is 4.28. The molecule has 0 N–H and O–H groups in total. The molecule has 0 saturated carbocycles. The summed E-state index contributed by atoms with van der Waals surface area (Å²) in [7, 11) is 0. The lowest BCUT2D eigenvalue weighted by atomic mass is 9.96. The van der Waals surface area contributed by atoms with Crippen LogP contribution in [0.25, 0.3) is 0 Å². The molecule has 2 rings (SSSR count). The van der Waals surface area contributed by atoms with Crippen LogP contribution in [0.4, 0.5) is 0 Å². The largest absolute Gasteiger partial charge is 0.292 e. The van der Waals surface area contributed by atoms with Gasteiger partial charge in [-0.1, -0.05) is 32.0 Å². The van der Waals surface area contributed by atoms with Gasteiger partial charge in [0.1, 0.15) is 0 Å². The van der Waals surface area contributed by atoms with Crippen LogP contribution in [0.1, 0.15) is 30.5 Å². The minimum atomic E-state index is 0.741.